The smallest absolute Gasteiger partial charge is 0.264 e. The highest BCUT2D eigenvalue weighted by molar-refractivity contribution is 7.98. The second-order valence-corrected chi connectivity index (χ2v) is 7.72. The Bertz CT molecular complexity index is 816. The first-order valence-electron chi connectivity index (χ1n) is 6.42. The molecule has 0 saturated carbocycles. The van der Waals surface area contributed by atoms with E-state index in [0.717, 1.165) is 10.5 Å². The molecule has 0 fully saturated rings. The second-order valence-electron chi connectivity index (χ2n) is 4.90. The molecule has 4 nitrogen and oxygen atoms in total. The van der Waals surface area contributed by atoms with Gasteiger partial charge in [-0.3, -0.25) is 4.31 Å². The molecule has 6 heteroatoms. The molecule has 0 unspecified atom stereocenters. The van der Waals surface area contributed by atoms with Gasteiger partial charge >= 0.3 is 0 Å². The Kier molecular flexibility index (Phi) is 3.37. The lowest BCUT2D eigenvalue weighted by molar-refractivity contribution is 0.465. The summed E-state index contributed by atoms with van der Waals surface area (Å²) in [7, 11) is -2.12. The summed E-state index contributed by atoms with van der Waals surface area (Å²) < 4.78 is 26.9. The Morgan fingerprint density at radius 2 is 1.95 bits per heavy atom. The van der Waals surface area contributed by atoms with Crippen LogP contribution >= 0.6 is 11.8 Å². The predicted octanol–water partition coefficient (Wildman–Crippen LogP) is 2.84. The molecule has 2 aromatic rings. The average molecular weight is 321 g/mol. The largest absolute Gasteiger partial charge is 0.508 e. The standard InChI is InChI=1S/C15H15NO3S2/c1-16-13-6-4-3-5-10(13)7-12-14(17)8-11(20-2)9-15(12)21(16,18)19/h3-6,8-9,17H,7H2,1-2H3. The summed E-state index contributed by atoms with van der Waals surface area (Å²) in [6.45, 7) is 0. The van der Waals surface area contributed by atoms with Gasteiger partial charge in [0, 0.05) is 23.9 Å². The monoisotopic (exact) mass is 321 g/mol. The van der Waals surface area contributed by atoms with Crippen LogP contribution in [-0.4, -0.2) is 26.8 Å². The van der Waals surface area contributed by atoms with Gasteiger partial charge in [0.15, 0.2) is 0 Å². The van der Waals surface area contributed by atoms with Crippen LogP contribution in [0.15, 0.2) is 46.2 Å². The van der Waals surface area contributed by atoms with Crippen molar-refractivity contribution in [1.82, 2.24) is 0 Å². The van der Waals surface area contributed by atoms with Crippen LogP contribution in [-0.2, 0) is 16.4 Å². The summed E-state index contributed by atoms with van der Waals surface area (Å²) in [5.41, 5.74) is 2.00. The molecule has 0 spiro atoms. The molecule has 21 heavy (non-hydrogen) atoms. The van der Waals surface area contributed by atoms with Gasteiger partial charge in [0.05, 0.1) is 10.6 Å². The highest BCUT2D eigenvalue weighted by Gasteiger charge is 2.31. The summed E-state index contributed by atoms with van der Waals surface area (Å²) in [4.78, 5) is 0.916. The van der Waals surface area contributed by atoms with E-state index in [9.17, 15) is 13.5 Å². The Hall–Kier alpha value is -1.66. The maximum atomic E-state index is 12.8. The summed E-state index contributed by atoms with van der Waals surface area (Å²) in [5.74, 6) is 0.0329. The van der Waals surface area contributed by atoms with Crippen LogP contribution in [0.2, 0.25) is 0 Å². The zero-order valence-electron chi connectivity index (χ0n) is 11.7. The highest BCUT2D eigenvalue weighted by atomic mass is 32.2. The van der Waals surface area contributed by atoms with Crippen molar-refractivity contribution >= 4 is 27.5 Å². The number of fused-ring (bicyclic) bond motifs is 2. The first-order valence-corrected chi connectivity index (χ1v) is 9.08. The number of hydrogen-bond acceptors (Lipinski definition) is 4. The molecular weight excluding hydrogens is 306 g/mol. The lowest BCUT2D eigenvalue weighted by atomic mass is 10.0. The third-order valence-corrected chi connectivity index (χ3v) is 6.28. The SMILES string of the molecule is CSc1cc(O)c2c(c1)S(=O)(=O)N(C)c1ccccc1C2. The first-order chi connectivity index (χ1) is 9.95. The van der Waals surface area contributed by atoms with Crippen LogP contribution < -0.4 is 4.31 Å². The minimum absolute atomic E-state index is 0.0329. The van der Waals surface area contributed by atoms with E-state index in [1.165, 1.54) is 16.1 Å². The lowest BCUT2D eigenvalue weighted by Gasteiger charge is -2.19. The lowest BCUT2D eigenvalue weighted by Crippen LogP contribution is -2.26. The first kappa shape index (κ1) is 14.3. The third kappa shape index (κ3) is 2.18. The van der Waals surface area contributed by atoms with Gasteiger partial charge in [0.25, 0.3) is 10.0 Å². The number of sulfonamides is 1. The van der Waals surface area contributed by atoms with E-state index < -0.39 is 10.0 Å². The van der Waals surface area contributed by atoms with Gasteiger partial charge in [-0.05, 0) is 30.0 Å². The van der Waals surface area contributed by atoms with Gasteiger partial charge in [-0.25, -0.2) is 8.42 Å². The van der Waals surface area contributed by atoms with Crippen LogP contribution in [0.3, 0.4) is 0 Å². The number of para-hydroxylation sites is 1. The number of aromatic hydroxyl groups is 1. The number of phenolic OH excluding ortho intramolecular Hbond substituents is 1. The maximum Gasteiger partial charge on any atom is 0.264 e. The van der Waals surface area contributed by atoms with E-state index in [2.05, 4.69) is 0 Å². The molecule has 0 saturated heterocycles. The normalized spacial score (nSPS) is 16.0. The summed E-state index contributed by atoms with van der Waals surface area (Å²) in [6, 6.07) is 10.6. The fourth-order valence-electron chi connectivity index (χ4n) is 2.57. The molecule has 1 aliphatic heterocycles. The molecule has 1 aliphatic rings. The molecule has 3 rings (SSSR count). The molecular formula is C15H15NO3S2. The highest BCUT2D eigenvalue weighted by Crippen LogP contribution is 2.39. The van der Waals surface area contributed by atoms with Crippen molar-refractivity contribution in [2.75, 3.05) is 17.6 Å². The van der Waals surface area contributed by atoms with Gasteiger partial charge in [-0.15, -0.1) is 11.8 Å². The molecule has 0 aliphatic carbocycles. The van der Waals surface area contributed by atoms with Crippen LogP contribution in [0.25, 0.3) is 0 Å². The topological polar surface area (TPSA) is 57.6 Å². The summed E-state index contributed by atoms with van der Waals surface area (Å²) in [6.07, 6.45) is 2.25. The molecule has 0 atom stereocenters. The number of anilines is 1. The van der Waals surface area contributed by atoms with E-state index in [-0.39, 0.29) is 10.6 Å². The Labute approximate surface area is 128 Å². The average Bonchev–Trinajstić information content (AvgIpc) is 2.55. The zero-order chi connectivity index (χ0) is 15.2. The minimum atomic E-state index is -3.67. The van der Waals surface area contributed by atoms with E-state index in [4.69, 9.17) is 0 Å². The van der Waals surface area contributed by atoms with Gasteiger partial charge in [-0.1, -0.05) is 18.2 Å². The molecule has 1 N–H and O–H groups in total. The Morgan fingerprint density at radius 1 is 1.24 bits per heavy atom. The number of thioether (sulfide) groups is 1. The summed E-state index contributed by atoms with van der Waals surface area (Å²) in [5, 5.41) is 10.2. The predicted molar refractivity (Wildman–Crippen MR) is 84.7 cm³/mol. The number of phenols is 1. The van der Waals surface area contributed by atoms with Crippen molar-refractivity contribution in [3.63, 3.8) is 0 Å². The number of rotatable bonds is 1. The molecule has 1 heterocycles. The Balaban J connectivity index is 2.35. The van der Waals surface area contributed by atoms with Crippen molar-refractivity contribution in [3.8, 4) is 5.75 Å². The molecule has 2 aromatic carbocycles. The fraction of sp³-hybridized carbons (Fsp3) is 0.200. The minimum Gasteiger partial charge on any atom is -0.508 e. The third-order valence-electron chi connectivity index (χ3n) is 3.73. The Morgan fingerprint density at radius 3 is 2.67 bits per heavy atom. The van der Waals surface area contributed by atoms with E-state index in [1.807, 2.05) is 24.5 Å². The van der Waals surface area contributed by atoms with Crippen LogP contribution in [0.5, 0.6) is 5.75 Å². The number of nitrogens with zero attached hydrogens (tertiary/aromatic N) is 1. The van der Waals surface area contributed by atoms with E-state index in [0.29, 0.717) is 17.7 Å². The van der Waals surface area contributed by atoms with Gasteiger partial charge in [-0.2, -0.15) is 0 Å². The molecule has 0 aromatic heterocycles. The van der Waals surface area contributed by atoms with Gasteiger partial charge in [0.2, 0.25) is 0 Å². The summed E-state index contributed by atoms with van der Waals surface area (Å²) >= 11 is 1.41. The quantitative estimate of drug-likeness (QED) is 0.821. The molecule has 0 bridgehead atoms. The number of hydrogen-bond donors (Lipinski definition) is 1. The van der Waals surface area contributed by atoms with Crippen molar-refractivity contribution < 1.29 is 13.5 Å². The van der Waals surface area contributed by atoms with Crippen LogP contribution in [0.4, 0.5) is 5.69 Å². The maximum absolute atomic E-state index is 12.8. The molecule has 0 amide bonds. The zero-order valence-corrected chi connectivity index (χ0v) is 13.3. The van der Waals surface area contributed by atoms with Crippen molar-refractivity contribution in [2.24, 2.45) is 0 Å². The molecule has 110 valence electrons. The van der Waals surface area contributed by atoms with Crippen LogP contribution in [0, 0.1) is 0 Å². The van der Waals surface area contributed by atoms with Crippen LogP contribution in [0.1, 0.15) is 11.1 Å². The van der Waals surface area contributed by atoms with Crippen molar-refractivity contribution in [1.29, 1.82) is 0 Å². The van der Waals surface area contributed by atoms with Crippen molar-refractivity contribution in [2.45, 2.75) is 16.2 Å². The van der Waals surface area contributed by atoms with Crippen molar-refractivity contribution in [3.05, 3.63) is 47.5 Å². The number of benzene rings is 2. The van der Waals surface area contributed by atoms with Gasteiger partial charge in [0.1, 0.15) is 5.75 Å². The molecule has 0 radical (unpaired) electrons. The van der Waals surface area contributed by atoms with Gasteiger partial charge < -0.3 is 5.11 Å². The fourth-order valence-corrected chi connectivity index (χ4v) is 4.60. The second kappa shape index (κ2) is 4.96. The van der Waals surface area contributed by atoms with E-state index >= 15 is 0 Å². The van der Waals surface area contributed by atoms with E-state index in [1.54, 1.807) is 25.2 Å².